The van der Waals surface area contributed by atoms with E-state index in [9.17, 15) is 0 Å². The molecule has 26 heavy (non-hydrogen) atoms. The number of benzene rings is 1. The fourth-order valence-electron chi connectivity index (χ4n) is 3.52. The summed E-state index contributed by atoms with van der Waals surface area (Å²) in [7, 11) is 0. The van der Waals surface area contributed by atoms with E-state index in [1.54, 1.807) is 6.33 Å². The second-order valence-electron chi connectivity index (χ2n) is 6.84. The third kappa shape index (κ3) is 3.69. The van der Waals surface area contributed by atoms with Gasteiger partial charge in [-0.05, 0) is 62.7 Å². The summed E-state index contributed by atoms with van der Waals surface area (Å²) in [6.07, 6.45) is 5.45. The van der Waals surface area contributed by atoms with Crippen LogP contribution in [-0.2, 0) is 6.54 Å². The van der Waals surface area contributed by atoms with Crippen molar-refractivity contribution >= 4 is 11.6 Å². The van der Waals surface area contributed by atoms with Crippen molar-refractivity contribution in [2.24, 2.45) is 0 Å². The Morgan fingerprint density at radius 2 is 1.85 bits per heavy atom. The Bertz CT molecular complexity index is 849. The van der Waals surface area contributed by atoms with Crippen molar-refractivity contribution in [3.05, 3.63) is 59.1 Å². The average Bonchev–Trinajstić information content (AvgIpc) is 3.33. The standard InChI is InChI=1S/C20H23ClN4O/c1-15(24-11-3-2-4-12-24)18-9-10-19(26-18)20-22-14-23-25(20)13-16-5-7-17(21)8-6-16/h5-10,14-15H,2-4,11-13H2,1H3. The first-order valence-electron chi connectivity index (χ1n) is 9.17. The monoisotopic (exact) mass is 370 g/mol. The van der Waals surface area contributed by atoms with E-state index in [0.29, 0.717) is 6.54 Å². The maximum Gasteiger partial charge on any atom is 0.194 e. The molecule has 1 fully saturated rings. The smallest absolute Gasteiger partial charge is 0.194 e. The Morgan fingerprint density at radius 1 is 1.08 bits per heavy atom. The third-order valence-electron chi connectivity index (χ3n) is 5.06. The number of nitrogens with zero attached hydrogens (tertiary/aromatic N) is 4. The normalized spacial score (nSPS) is 16.7. The maximum atomic E-state index is 6.15. The number of piperidine rings is 1. The Labute approximate surface area is 158 Å². The predicted molar refractivity (Wildman–Crippen MR) is 102 cm³/mol. The van der Waals surface area contributed by atoms with Crippen molar-refractivity contribution in [3.8, 4) is 11.6 Å². The van der Waals surface area contributed by atoms with Crippen molar-refractivity contribution in [1.82, 2.24) is 19.7 Å². The zero-order chi connectivity index (χ0) is 17.9. The van der Waals surface area contributed by atoms with E-state index >= 15 is 0 Å². The van der Waals surface area contributed by atoms with Gasteiger partial charge in [0.15, 0.2) is 11.6 Å². The second kappa shape index (κ2) is 7.64. The minimum atomic E-state index is 0.289. The van der Waals surface area contributed by atoms with Crippen LogP contribution >= 0.6 is 11.6 Å². The fraction of sp³-hybridized carbons (Fsp3) is 0.400. The van der Waals surface area contributed by atoms with Gasteiger partial charge in [-0.25, -0.2) is 9.67 Å². The zero-order valence-electron chi connectivity index (χ0n) is 14.9. The van der Waals surface area contributed by atoms with Gasteiger partial charge >= 0.3 is 0 Å². The summed E-state index contributed by atoms with van der Waals surface area (Å²) in [5.41, 5.74) is 1.12. The Morgan fingerprint density at radius 3 is 2.62 bits per heavy atom. The highest BCUT2D eigenvalue weighted by Gasteiger charge is 2.22. The summed E-state index contributed by atoms with van der Waals surface area (Å²) >= 11 is 5.96. The van der Waals surface area contributed by atoms with Gasteiger partial charge in [-0.2, -0.15) is 5.10 Å². The van der Waals surface area contributed by atoms with Crippen LogP contribution in [0.15, 0.2) is 47.1 Å². The van der Waals surface area contributed by atoms with E-state index in [1.165, 1.54) is 19.3 Å². The van der Waals surface area contributed by atoms with Crippen LogP contribution in [0.2, 0.25) is 5.02 Å². The van der Waals surface area contributed by atoms with Gasteiger partial charge < -0.3 is 4.42 Å². The predicted octanol–water partition coefficient (Wildman–Crippen LogP) is 4.79. The molecule has 136 valence electrons. The molecule has 2 aromatic heterocycles. The van der Waals surface area contributed by atoms with Crippen LogP contribution in [-0.4, -0.2) is 32.8 Å². The quantitative estimate of drug-likeness (QED) is 0.648. The van der Waals surface area contributed by atoms with Gasteiger partial charge in [-0.1, -0.05) is 30.2 Å². The second-order valence-corrected chi connectivity index (χ2v) is 7.28. The van der Waals surface area contributed by atoms with Crippen LogP contribution in [0.5, 0.6) is 0 Å². The van der Waals surface area contributed by atoms with Gasteiger partial charge in [0.1, 0.15) is 12.1 Å². The molecule has 1 saturated heterocycles. The Hall–Kier alpha value is -2.11. The minimum Gasteiger partial charge on any atom is -0.456 e. The topological polar surface area (TPSA) is 47.1 Å². The molecule has 3 heterocycles. The van der Waals surface area contributed by atoms with Crippen molar-refractivity contribution in [2.75, 3.05) is 13.1 Å². The highest BCUT2D eigenvalue weighted by molar-refractivity contribution is 6.30. The molecule has 0 bridgehead atoms. The summed E-state index contributed by atoms with van der Waals surface area (Å²) in [6, 6.07) is 12.1. The number of likely N-dealkylation sites (tertiary alicyclic amines) is 1. The van der Waals surface area contributed by atoms with Crippen LogP contribution < -0.4 is 0 Å². The highest BCUT2D eigenvalue weighted by Crippen LogP contribution is 2.29. The SMILES string of the molecule is CC(c1ccc(-c2ncnn2Cc2ccc(Cl)cc2)o1)N1CCCCC1. The molecule has 0 saturated carbocycles. The number of furan rings is 1. The molecule has 1 aromatic carbocycles. The lowest BCUT2D eigenvalue weighted by molar-refractivity contribution is 0.158. The molecule has 1 atom stereocenters. The summed E-state index contributed by atoms with van der Waals surface area (Å²) < 4.78 is 8.01. The molecular weight excluding hydrogens is 348 g/mol. The summed E-state index contributed by atoms with van der Waals surface area (Å²) in [5, 5.41) is 5.09. The van der Waals surface area contributed by atoms with Gasteiger partial charge in [0.25, 0.3) is 0 Å². The Balaban J connectivity index is 1.52. The van der Waals surface area contributed by atoms with Crippen LogP contribution in [0.4, 0.5) is 0 Å². The van der Waals surface area contributed by atoms with E-state index in [1.807, 2.05) is 35.0 Å². The maximum absolute atomic E-state index is 6.15. The average molecular weight is 371 g/mol. The number of hydrogen-bond donors (Lipinski definition) is 0. The molecular formula is C20H23ClN4O. The minimum absolute atomic E-state index is 0.289. The summed E-state index contributed by atoms with van der Waals surface area (Å²) in [6.45, 7) is 5.13. The lowest BCUT2D eigenvalue weighted by Gasteiger charge is -2.31. The van der Waals surface area contributed by atoms with E-state index in [2.05, 4.69) is 28.0 Å². The molecule has 6 heteroatoms. The molecule has 4 rings (SSSR count). The zero-order valence-corrected chi connectivity index (χ0v) is 15.7. The molecule has 1 unspecified atom stereocenters. The fourth-order valence-corrected chi connectivity index (χ4v) is 3.64. The molecule has 1 aliphatic rings. The molecule has 0 radical (unpaired) electrons. The lowest BCUT2D eigenvalue weighted by atomic mass is 10.1. The van der Waals surface area contributed by atoms with Crippen LogP contribution in [0.25, 0.3) is 11.6 Å². The van der Waals surface area contributed by atoms with Gasteiger partial charge in [0.2, 0.25) is 0 Å². The van der Waals surface area contributed by atoms with E-state index < -0.39 is 0 Å². The largest absolute Gasteiger partial charge is 0.456 e. The Kier molecular flexibility index (Phi) is 5.09. The van der Waals surface area contributed by atoms with Gasteiger partial charge in [-0.15, -0.1) is 0 Å². The molecule has 0 spiro atoms. The molecule has 0 N–H and O–H groups in total. The molecule has 3 aromatic rings. The molecule has 0 amide bonds. The summed E-state index contributed by atoms with van der Waals surface area (Å²) in [4.78, 5) is 6.89. The van der Waals surface area contributed by atoms with Crippen LogP contribution in [0.3, 0.4) is 0 Å². The lowest BCUT2D eigenvalue weighted by Crippen LogP contribution is -2.32. The molecule has 0 aliphatic carbocycles. The molecule has 5 nitrogen and oxygen atoms in total. The number of rotatable bonds is 5. The van der Waals surface area contributed by atoms with E-state index in [0.717, 1.165) is 41.0 Å². The van der Waals surface area contributed by atoms with Gasteiger partial charge in [-0.3, -0.25) is 4.90 Å². The molecule has 1 aliphatic heterocycles. The number of halogens is 1. The first-order chi connectivity index (χ1) is 12.7. The van der Waals surface area contributed by atoms with Crippen molar-refractivity contribution in [1.29, 1.82) is 0 Å². The first-order valence-corrected chi connectivity index (χ1v) is 9.55. The van der Waals surface area contributed by atoms with E-state index in [4.69, 9.17) is 16.0 Å². The highest BCUT2D eigenvalue weighted by atomic mass is 35.5. The number of aromatic nitrogens is 3. The number of hydrogen-bond acceptors (Lipinski definition) is 4. The van der Waals surface area contributed by atoms with Crippen molar-refractivity contribution < 1.29 is 4.42 Å². The first kappa shape index (κ1) is 17.3. The van der Waals surface area contributed by atoms with E-state index in [-0.39, 0.29) is 6.04 Å². The van der Waals surface area contributed by atoms with Crippen LogP contribution in [0, 0.1) is 0 Å². The van der Waals surface area contributed by atoms with Crippen LogP contribution in [0.1, 0.15) is 43.6 Å². The van der Waals surface area contributed by atoms with Gasteiger partial charge in [0, 0.05) is 5.02 Å². The van der Waals surface area contributed by atoms with Crippen molar-refractivity contribution in [3.63, 3.8) is 0 Å². The third-order valence-corrected chi connectivity index (χ3v) is 5.31. The van der Waals surface area contributed by atoms with Crippen molar-refractivity contribution in [2.45, 2.75) is 38.8 Å². The summed E-state index contributed by atoms with van der Waals surface area (Å²) in [5.74, 6) is 2.50. The van der Waals surface area contributed by atoms with Gasteiger partial charge in [0.05, 0.1) is 12.6 Å².